The van der Waals surface area contributed by atoms with Gasteiger partial charge >= 0.3 is 0 Å². The number of aryl methyl sites for hydroxylation is 2. The van der Waals surface area contributed by atoms with E-state index in [2.05, 4.69) is 29.8 Å². The van der Waals surface area contributed by atoms with E-state index in [-0.39, 0.29) is 11.0 Å². The summed E-state index contributed by atoms with van der Waals surface area (Å²) in [6.45, 7) is 4.15. The van der Waals surface area contributed by atoms with Crippen molar-refractivity contribution in [3.63, 3.8) is 0 Å². The summed E-state index contributed by atoms with van der Waals surface area (Å²) in [5, 5.41) is 9.33. The summed E-state index contributed by atoms with van der Waals surface area (Å²) < 4.78 is -1.86. The molecule has 8 heteroatoms. The van der Waals surface area contributed by atoms with E-state index >= 15 is 0 Å². The number of carbonyl (C=O) groups is 1. The molecule has 3 aromatic carbocycles. The van der Waals surface area contributed by atoms with Crippen LogP contribution in [0.2, 0.25) is 0 Å². The summed E-state index contributed by atoms with van der Waals surface area (Å²) in [4.78, 5) is 13.6. The van der Waals surface area contributed by atoms with Gasteiger partial charge in [0.25, 0.3) is 0 Å². The molecule has 0 saturated carbocycles. The Morgan fingerprint density at radius 2 is 1.29 bits per heavy atom. The Labute approximate surface area is 227 Å². The third-order valence-electron chi connectivity index (χ3n) is 5.65. The van der Waals surface area contributed by atoms with Gasteiger partial charge in [0.1, 0.15) is 6.17 Å². The van der Waals surface area contributed by atoms with Crippen LogP contribution < -0.4 is 16.0 Å². The standard InChI is InChI=1S/C27H28Cl3N3OS/c1-3-18-16-11-17-19(4-2)23(18)31-26(35)33-25(27(28,29)30)32-24(34)22(20-12-7-5-8-13-20)21-14-9-6-10-15-21/h5-17,22,25H,3-4H2,1-2H3,(H,32,34)(H2,31,33,35). The van der Waals surface area contributed by atoms with Gasteiger partial charge in [0, 0.05) is 5.69 Å². The van der Waals surface area contributed by atoms with Crippen LogP contribution >= 0.6 is 47.0 Å². The normalized spacial score (nSPS) is 12.2. The summed E-state index contributed by atoms with van der Waals surface area (Å²) >= 11 is 24.4. The molecule has 0 bridgehead atoms. The molecule has 0 aliphatic heterocycles. The van der Waals surface area contributed by atoms with E-state index in [9.17, 15) is 4.79 Å². The number of rotatable bonds is 8. The van der Waals surface area contributed by atoms with Crippen LogP contribution in [0.4, 0.5) is 5.69 Å². The van der Waals surface area contributed by atoms with Crippen molar-refractivity contribution in [3.8, 4) is 0 Å². The summed E-state index contributed by atoms with van der Waals surface area (Å²) in [5.41, 5.74) is 4.82. The maximum atomic E-state index is 13.6. The minimum atomic E-state index is -1.86. The zero-order valence-corrected chi connectivity index (χ0v) is 22.6. The van der Waals surface area contributed by atoms with E-state index < -0.39 is 15.9 Å². The maximum Gasteiger partial charge on any atom is 0.233 e. The number of benzene rings is 3. The van der Waals surface area contributed by atoms with Crippen molar-refractivity contribution in [2.24, 2.45) is 0 Å². The van der Waals surface area contributed by atoms with E-state index in [1.54, 1.807) is 0 Å². The number of thiocarbonyl (C=S) groups is 1. The molecule has 0 heterocycles. The van der Waals surface area contributed by atoms with Crippen LogP contribution in [0, 0.1) is 0 Å². The maximum absolute atomic E-state index is 13.6. The fourth-order valence-electron chi connectivity index (χ4n) is 3.90. The molecule has 1 amide bonds. The van der Waals surface area contributed by atoms with Gasteiger partial charge in [-0.2, -0.15) is 0 Å². The molecule has 4 nitrogen and oxygen atoms in total. The van der Waals surface area contributed by atoms with Crippen LogP contribution in [0.1, 0.15) is 42.0 Å². The van der Waals surface area contributed by atoms with Gasteiger partial charge in [0.05, 0.1) is 5.92 Å². The highest BCUT2D eigenvalue weighted by Gasteiger charge is 2.36. The lowest BCUT2D eigenvalue weighted by atomic mass is 9.90. The van der Waals surface area contributed by atoms with E-state index in [0.29, 0.717) is 0 Å². The van der Waals surface area contributed by atoms with Crippen molar-refractivity contribution < 1.29 is 4.79 Å². The molecule has 1 unspecified atom stereocenters. The van der Waals surface area contributed by atoms with Crippen molar-refractivity contribution in [3.05, 3.63) is 101 Å². The molecule has 0 aromatic heterocycles. The number of amides is 1. The molecule has 0 saturated heterocycles. The summed E-state index contributed by atoms with van der Waals surface area (Å²) in [6.07, 6.45) is 0.590. The SMILES string of the molecule is CCc1cccc(CC)c1NC(=S)NC(NC(=O)C(c1ccccc1)c1ccccc1)C(Cl)(Cl)Cl. The Kier molecular flexibility index (Phi) is 9.81. The van der Waals surface area contributed by atoms with Crippen molar-refractivity contribution in [2.75, 3.05) is 5.32 Å². The van der Waals surface area contributed by atoms with Gasteiger partial charge in [0.2, 0.25) is 9.70 Å². The zero-order chi connectivity index (χ0) is 25.4. The number of halogens is 3. The number of hydrogen-bond donors (Lipinski definition) is 3. The summed E-state index contributed by atoms with van der Waals surface area (Å²) in [5.74, 6) is -0.916. The van der Waals surface area contributed by atoms with Crippen molar-refractivity contribution in [2.45, 2.75) is 42.6 Å². The number of nitrogens with one attached hydrogen (secondary N) is 3. The van der Waals surface area contributed by atoms with Crippen LogP contribution in [0.25, 0.3) is 0 Å². The fourth-order valence-corrected chi connectivity index (χ4v) is 4.44. The van der Waals surface area contributed by atoms with E-state index in [4.69, 9.17) is 47.0 Å². The highest BCUT2D eigenvalue weighted by Crippen LogP contribution is 2.31. The lowest BCUT2D eigenvalue weighted by Gasteiger charge is -2.30. The quantitative estimate of drug-likeness (QED) is 0.166. The molecule has 3 aromatic rings. The van der Waals surface area contributed by atoms with Gasteiger partial charge in [-0.3, -0.25) is 4.79 Å². The molecule has 0 spiro atoms. The van der Waals surface area contributed by atoms with Crippen molar-refractivity contribution >= 4 is 63.7 Å². The Hall–Kier alpha value is -2.31. The van der Waals surface area contributed by atoms with Crippen LogP contribution in [-0.2, 0) is 17.6 Å². The smallest absolute Gasteiger partial charge is 0.233 e. The van der Waals surface area contributed by atoms with Gasteiger partial charge in [-0.25, -0.2) is 0 Å². The highest BCUT2D eigenvalue weighted by molar-refractivity contribution is 7.80. The number of hydrogen-bond acceptors (Lipinski definition) is 2. The molecule has 0 aliphatic rings. The van der Waals surface area contributed by atoms with Gasteiger partial charge < -0.3 is 16.0 Å². The van der Waals surface area contributed by atoms with Gasteiger partial charge in [-0.15, -0.1) is 0 Å². The summed E-state index contributed by atoms with van der Waals surface area (Å²) in [6, 6.07) is 25.1. The third-order valence-corrected chi connectivity index (χ3v) is 6.53. The number of carbonyl (C=O) groups excluding carboxylic acids is 1. The molecular formula is C27H28Cl3N3OS. The number of alkyl halides is 3. The van der Waals surface area contributed by atoms with Crippen LogP contribution in [0.15, 0.2) is 78.9 Å². The highest BCUT2D eigenvalue weighted by atomic mass is 35.6. The van der Waals surface area contributed by atoms with Crippen LogP contribution in [0.3, 0.4) is 0 Å². The third kappa shape index (κ3) is 7.34. The average Bonchev–Trinajstić information content (AvgIpc) is 2.84. The van der Waals surface area contributed by atoms with Gasteiger partial charge in [-0.05, 0) is 47.3 Å². The van der Waals surface area contributed by atoms with Crippen LogP contribution in [0.5, 0.6) is 0 Å². The van der Waals surface area contributed by atoms with Gasteiger partial charge in [0.15, 0.2) is 5.11 Å². The number of para-hydroxylation sites is 1. The average molecular weight is 549 g/mol. The second-order valence-corrected chi connectivity index (χ2v) is 10.8. The second-order valence-electron chi connectivity index (χ2n) is 7.99. The first-order valence-electron chi connectivity index (χ1n) is 11.4. The largest absolute Gasteiger partial charge is 0.339 e. The first-order chi connectivity index (χ1) is 16.7. The number of anilines is 1. The summed E-state index contributed by atoms with van der Waals surface area (Å²) in [7, 11) is 0. The predicted molar refractivity (Wildman–Crippen MR) is 152 cm³/mol. The van der Waals surface area contributed by atoms with E-state index in [0.717, 1.165) is 40.8 Å². The second kappa shape index (κ2) is 12.6. The van der Waals surface area contributed by atoms with Crippen molar-refractivity contribution in [1.29, 1.82) is 0 Å². The molecule has 0 radical (unpaired) electrons. The minimum Gasteiger partial charge on any atom is -0.339 e. The first-order valence-corrected chi connectivity index (χ1v) is 12.9. The Morgan fingerprint density at radius 3 is 1.71 bits per heavy atom. The van der Waals surface area contributed by atoms with Crippen molar-refractivity contribution in [1.82, 2.24) is 10.6 Å². The van der Waals surface area contributed by atoms with Crippen LogP contribution in [-0.4, -0.2) is 21.0 Å². The molecule has 0 aliphatic carbocycles. The Balaban J connectivity index is 1.84. The molecule has 35 heavy (non-hydrogen) atoms. The topological polar surface area (TPSA) is 53.2 Å². The van der Waals surface area contributed by atoms with E-state index in [1.807, 2.05) is 78.9 Å². The monoisotopic (exact) mass is 547 g/mol. The zero-order valence-electron chi connectivity index (χ0n) is 19.5. The molecule has 0 fully saturated rings. The Morgan fingerprint density at radius 1 is 0.800 bits per heavy atom. The molecule has 3 rings (SSSR count). The molecule has 1 atom stereocenters. The fraction of sp³-hybridized carbons (Fsp3) is 0.259. The molecule has 3 N–H and O–H groups in total. The minimum absolute atomic E-state index is 0.244. The van der Waals surface area contributed by atoms with E-state index in [1.165, 1.54) is 0 Å². The molecule has 184 valence electrons. The predicted octanol–water partition coefficient (Wildman–Crippen LogP) is 6.74. The van der Waals surface area contributed by atoms with Gasteiger partial charge in [-0.1, -0.05) is 128 Å². The molecular weight excluding hydrogens is 521 g/mol. The Bertz CT molecular complexity index is 1080. The lowest BCUT2D eigenvalue weighted by Crippen LogP contribution is -2.57. The lowest BCUT2D eigenvalue weighted by molar-refractivity contribution is -0.122. The first kappa shape index (κ1) is 27.3.